The molecule has 3 rings (SSSR count). The van der Waals surface area contributed by atoms with Crippen LogP contribution in [0.15, 0.2) is 54.6 Å². The lowest BCUT2D eigenvalue weighted by Gasteiger charge is -2.09. The maximum absolute atomic E-state index is 12.4. The molecule has 0 radical (unpaired) electrons. The van der Waals surface area contributed by atoms with E-state index >= 15 is 0 Å². The van der Waals surface area contributed by atoms with Gasteiger partial charge in [-0.1, -0.05) is 35.9 Å². The van der Waals surface area contributed by atoms with E-state index in [4.69, 9.17) is 11.6 Å². The van der Waals surface area contributed by atoms with Crippen LogP contribution in [0.25, 0.3) is 10.9 Å². The predicted octanol–water partition coefficient (Wildman–Crippen LogP) is 3.93. The topological polar surface area (TPSA) is 68.3 Å². The number of aromatic nitrogens is 1. The van der Waals surface area contributed by atoms with Gasteiger partial charge in [0.2, 0.25) is 0 Å². The highest BCUT2D eigenvalue weighted by Gasteiger charge is 2.13. The van der Waals surface area contributed by atoms with Crippen molar-refractivity contribution < 1.29 is 14.3 Å². The second-order valence-electron chi connectivity index (χ2n) is 5.03. The van der Waals surface area contributed by atoms with Gasteiger partial charge < -0.3 is 10.1 Å². The number of ether oxygens (including phenoxy) is 1. The van der Waals surface area contributed by atoms with Gasteiger partial charge in [0.15, 0.2) is 0 Å². The molecular weight excluding hydrogens is 328 g/mol. The molecule has 1 N–H and O–H groups in total. The fraction of sp³-hybridized carbons (Fsp3) is 0.0556. The largest absolute Gasteiger partial charge is 0.465 e. The molecule has 0 aliphatic rings. The number of hydrogen-bond donors (Lipinski definition) is 1. The Hall–Kier alpha value is -2.92. The molecule has 1 heterocycles. The molecule has 0 atom stereocenters. The molecule has 1 aromatic heterocycles. The number of carbonyl (C=O) groups excluding carboxylic acids is 2. The SMILES string of the molecule is COC(=O)c1ccc(Cl)c(NC(=O)c2ccc3ccccc3n2)c1. The number of pyridine rings is 1. The van der Waals surface area contributed by atoms with Crippen LogP contribution in [-0.2, 0) is 4.74 Å². The van der Waals surface area contributed by atoms with Crippen molar-refractivity contribution in [3.63, 3.8) is 0 Å². The van der Waals surface area contributed by atoms with Crippen molar-refractivity contribution in [3.8, 4) is 0 Å². The maximum Gasteiger partial charge on any atom is 0.337 e. The summed E-state index contributed by atoms with van der Waals surface area (Å²) in [6.45, 7) is 0. The smallest absolute Gasteiger partial charge is 0.337 e. The molecule has 2 aromatic carbocycles. The van der Waals surface area contributed by atoms with Gasteiger partial charge >= 0.3 is 5.97 Å². The van der Waals surface area contributed by atoms with E-state index in [1.165, 1.54) is 25.3 Å². The van der Waals surface area contributed by atoms with Gasteiger partial charge in [-0.05, 0) is 30.3 Å². The van der Waals surface area contributed by atoms with Gasteiger partial charge in [-0.3, -0.25) is 4.79 Å². The van der Waals surface area contributed by atoms with Crippen LogP contribution in [-0.4, -0.2) is 24.0 Å². The lowest BCUT2D eigenvalue weighted by atomic mass is 10.2. The Labute approximate surface area is 143 Å². The van der Waals surface area contributed by atoms with Crippen LogP contribution in [0.5, 0.6) is 0 Å². The zero-order valence-electron chi connectivity index (χ0n) is 12.7. The minimum Gasteiger partial charge on any atom is -0.465 e. The summed E-state index contributed by atoms with van der Waals surface area (Å²) in [6.07, 6.45) is 0. The van der Waals surface area contributed by atoms with E-state index in [0.717, 1.165) is 10.9 Å². The van der Waals surface area contributed by atoms with Crippen LogP contribution in [0, 0.1) is 0 Å². The summed E-state index contributed by atoms with van der Waals surface area (Å²) in [5, 5.41) is 3.93. The van der Waals surface area contributed by atoms with Gasteiger partial charge in [-0.25, -0.2) is 9.78 Å². The number of anilines is 1. The number of nitrogens with one attached hydrogen (secondary N) is 1. The number of nitrogens with zero attached hydrogens (tertiary/aromatic N) is 1. The van der Waals surface area contributed by atoms with Crippen molar-refractivity contribution in [2.75, 3.05) is 12.4 Å². The summed E-state index contributed by atoms with van der Waals surface area (Å²) in [4.78, 5) is 28.3. The van der Waals surface area contributed by atoms with E-state index in [-0.39, 0.29) is 5.69 Å². The first-order valence-electron chi connectivity index (χ1n) is 7.13. The highest BCUT2D eigenvalue weighted by molar-refractivity contribution is 6.34. The number of fused-ring (bicyclic) bond motifs is 1. The zero-order chi connectivity index (χ0) is 17.1. The number of carbonyl (C=O) groups is 2. The number of methoxy groups -OCH3 is 1. The Morgan fingerprint density at radius 2 is 1.88 bits per heavy atom. The van der Waals surface area contributed by atoms with Crippen LogP contribution >= 0.6 is 11.6 Å². The molecule has 0 aliphatic heterocycles. The number of amides is 1. The summed E-state index contributed by atoms with van der Waals surface area (Å²) in [5.74, 6) is -0.921. The Morgan fingerprint density at radius 3 is 2.67 bits per heavy atom. The second kappa shape index (κ2) is 6.68. The lowest BCUT2D eigenvalue weighted by Crippen LogP contribution is -2.14. The molecule has 24 heavy (non-hydrogen) atoms. The summed E-state index contributed by atoms with van der Waals surface area (Å²) in [6, 6.07) is 15.5. The van der Waals surface area contributed by atoms with E-state index in [1.807, 2.05) is 30.3 Å². The first kappa shape index (κ1) is 16.0. The van der Waals surface area contributed by atoms with Gasteiger partial charge in [0.1, 0.15) is 5.69 Å². The zero-order valence-corrected chi connectivity index (χ0v) is 13.5. The van der Waals surface area contributed by atoms with Crippen LogP contribution < -0.4 is 5.32 Å². The van der Waals surface area contributed by atoms with Crippen molar-refractivity contribution in [2.45, 2.75) is 0 Å². The maximum atomic E-state index is 12.4. The Bertz CT molecular complexity index is 940. The molecule has 0 bridgehead atoms. The lowest BCUT2D eigenvalue weighted by molar-refractivity contribution is 0.0600. The van der Waals surface area contributed by atoms with Gasteiger partial charge in [-0.2, -0.15) is 0 Å². The Kier molecular flexibility index (Phi) is 4.44. The third kappa shape index (κ3) is 3.21. The first-order valence-corrected chi connectivity index (χ1v) is 7.51. The average molecular weight is 341 g/mol. The van der Waals surface area contributed by atoms with Gasteiger partial charge in [0, 0.05) is 5.39 Å². The quantitative estimate of drug-likeness (QED) is 0.733. The first-order chi connectivity index (χ1) is 11.6. The minimum absolute atomic E-state index is 0.258. The van der Waals surface area contributed by atoms with E-state index in [0.29, 0.717) is 16.3 Å². The fourth-order valence-electron chi connectivity index (χ4n) is 2.24. The number of rotatable bonds is 3. The van der Waals surface area contributed by atoms with E-state index in [2.05, 4.69) is 15.0 Å². The van der Waals surface area contributed by atoms with Crippen LogP contribution in [0.1, 0.15) is 20.8 Å². The third-order valence-corrected chi connectivity index (χ3v) is 3.80. The number of para-hydroxylation sites is 1. The van der Waals surface area contributed by atoms with E-state index in [9.17, 15) is 9.59 Å². The van der Waals surface area contributed by atoms with Crippen molar-refractivity contribution >= 4 is 40.1 Å². The second-order valence-corrected chi connectivity index (χ2v) is 5.44. The Morgan fingerprint density at radius 1 is 1.08 bits per heavy atom. The fourth-order valence-corrected chi connectivity index (χ4v) is 2.41. The van der Waals surface area contributed by atoms with Crippen molar-refractivity contribution in [3.05, 3.63) is 70.9 Å². The van der Waals surface area contributed by atoms with Gasteiger partial charge in [0.05, 0.1) is 28.9 Å². The highest BCUT2D eigenvalue weighted by atomic mass is 35.5. The van der Waals surface area contributed by atoms with Crippen LogP contribution in [0.4, 0.5) is 5.69 Å². The monoisotopic (exact) mass is 340 g/mol. The molecular formula is C18H13ClN2O3. The Balaban J connectivity index is 1.89. The van der Waals surface area contributed by atoms with Crippen molar-refractivity contribution in [2.24, 2.45) is 0 Å². The third-order valence-electron chi connectivity index (χ3n) is 3.47. The molecule has 0 fully saturated rings. The summed E-state index contributed by atoms with van der Waals surface area (Å²) < 4.78 is 4.66. The van der Waals surface area contributed by atoms with Crippen molar-refractivity contribution in [1.82, 2.24) is 4.98 Å². The minimum atomic E-state index is -0.508. The van der Waals surface area contributed by atoms with Gasteiger partial charge in [0.25, 0.3) is 5.91 Å². The number of benzene rings is 2. The average Bonchev–Trinajstić information content (AvgIpc) is 2.62. The number of halogens is 1. The summed E-state index contributed by atoms with van der Waals surface area (Å²) >= 11 is 6.08. The van der Waals surface area contributed by atoms with Gasteiger partial charge in [-0.15, -0.1) is 0 Å². The molecule has 3 aromatic rings. The predicted molar refractivity (Wildman–Crippen MR) is 92.5 cm³/mol. The molecule has 120 valence electrons. The normalized spacial score (nSPS) is 10.4. The molecule has 0 saturated heterocycles. The van der Waals surface area contributed by atoms with E-state index in [1.54, 1.807) is 6.07 Å². The molecule has 0 unspecified atom stereocenters. The van der Waals surface area contributed by atoms with E-state index < -0.39 is 11.9 Å². The molecule has 6 heteroatoms. The molecule has 0 saturated carbocycles. The number of hydrogen-bond acceptors (Lipinski definition) is 4. The van der Waals surface area contributed by atoms with Crippen LogP contribution in [0.3, 0.4) is 0 Å². The highest BCUT2D eigenvalue weighted by Crippen LogP contribution is 2.24. The molecule has 0 spiro atoms. The molecule has 5 nitrogen and oxygen atoms in total. The van der Waals surface area contributed by atoms with Crippen molar-refractivity contribution in [1.29, 1.82) is 0 Å². The van der Waals surface area contributed by atoms with Crippen LogP contribution in [0.2, 0.25) is 5.02 Å². The molecule has 0 aliphatic carbocycles. The summed E-state index contributed by atoms with van der Waals surface area (Å²) in [7, 11) is 1.29. The summed E-state index contributed by atoms with van der Waals surface area (Å²) in [5.41, 5.74) is 1.59. The molecule has 1 amide bonds. The standard InChI is InChI=1S/C18H13ClN2O3/c1-24-18(23)12-6-8-13(19)16(10-12)21-17(22)15-9-7-11-4-2-3-5-14(11)20-15/h2-10H,1H3,(H,21,22). The number of esters is 1.